The zero-order valence-electron chi connectivity index (χ0n) is 10.4. The molecule has 2 heterocycles. The summed E-state index contributed by atoms with van der Waals surface area (Å²) in [6.45, 7) is 0.0198. The smallest absolute Gasteiger partial charge is 0.306 e. The molecule has 0 N–H and O–H groups in total. The van der Waals surface area contributed by atoms with Crippen molar-refractivity contribution in [3.63, 3.8) is 0 Å². The van der Waals surface area contributed by atoms with E-state index in [9.17, 15) is 23.3 Å². The van der Waals surface area contributed by atoms with Crippen molar-refractivity contribution in [3.05, 3.63) is 27.5 Å². The summed E-state index contributed by atoms with van der Waals surface area (Å²) in [4.78, 5) is 27.0. The first kappa shape index (κ1) is 15.9. The average molecular weight is 354 g/mol. The Morgan fingerprint density at radius 2 is 2.19 bits per heavy atom. The fraction of sp³-hybridized carbons (Fsp3) is 0.400. The van der Waals surface area contributed by atoms with Crippen LogP contribution >= 0.6 is 22.3 Å². The molecule has 1 unspecified atom stereocenters. The first-order chi connectivity index (χ1) is 9.69. The lowest BCUT2D eigenvalue weighted by Gasteiger charge is -2.16. The van der Waals surface area contributed by atoms with Gasteiger partial charge in [-0.25, -0.2) is 13.4 Å². The van der Waals surface area contributed by atoms with Gasteiger partial charge in [-0.2, -0.15) is 0 Å². The number of amides is 1. The summed E-state index contributed by atoms with van der Waals surface area (Å²) in [5.74, 6) is -1.32. The van der Waals surface area contributed by atoms with Crippen molar-refractivity contribution in [2.75, 3.05) is 17.2 Å². The molecule has 1 aliphatic heterocycles. The second-order valence-electron chi connectivity index (χ2n) is 4.51. The highest BCUT2D eigenvalue weighted by molar-refractivity contribution is 8.13. The van der Waals surface area contributed by atoms with E-state index in [-0.39, 0.29) is 29.6 Å². The van der Waals surface area contributed by atoms with Gasteiger partial charge in [-0.15, -0.1) is 0 Å². The summed E-state index contributed by atoms with van der Waals surface area (Å²) >= 11 is 5.69. The van der Waals surface area contributed by atoms with Crippen molar-refractivity contribution < 1.29 is 18.1 Å². The third-order valence-electron chi connectivity index (χ3n) is 2.97. The zero-order valence-corrected chi connectivity index (χ0v) is 12.7. The molecule has 1 fully saturated rings. The van der Waals surface area contributed by atoms with Gasteiger partial charge < -0.3 is 4.90 Å². The summed E-state index contributed by atoms with van der Waals surface area (Å²) in [7, 11) is 1.41. The minimum atomic E-state index is -3.75. The van der Waals surface area contributed by atoms with Gasteiger partial charge in [0.15, 0.2) is 0 Å². The highest BCUT2D eigenvalue weighted by Gasteiger charge is 2.37. The molecule has 8 nitrogen and oxygen atoms in total. The lowest BCUT2D eigenvalue weighted by atomic mass is 10.1. The molecule has 1 aromatic heterocycles. The first-order valence-electron chi connectivity index (χ1n) is 5.70. The monoisotopic (exact) mass is 353 g/mol. The van der Waals surface area contributed by atoms with Crippen LogP contribution in [0.1, 0.15) is 6.42 Å². The van der Waals surface area contributed by atoms with E-state index in [1.54, 1.807) is 0 Å². The summed E-state index contributed by atoms with van der Waals surface area (Å²) in [5, 5.41) is 10.7. The van der Waals surface area contributed by atoms with Crippen molar-refractivity contribution in [1.29, 1.82) is 0 Å². The normalized spacial score (nSPS) is 19.0. The number of hydrogen-bond acceptors (Lipinski definition) is 6. The van der Waals surface area contributed by atoms with Gasteiger partial charge in [-0.1, -0.05) is 11.6 Å². The number of anilines is 1. The summed E-state index contributed by atoms with van der Waals surface area (Å²) in [6.07, 6.45) is 1.19. The molecular formula is C10H9Cl2N3O5S. The Morgan fingerprint density at radius 1 is 1.52 bits per heavy atom. The number of aromatic nitrogens is 1. The number of halogens is 2. The van der Waals surface area contributed by atoms with Crippen molar-refractivity contribution >= 4 is 48.6 Å². The zero-order chi connectivity index (χ0) is 15.8. The number of nitrogens with zero attached hydrogens (tertiary/aromatic N) is 3. The topological polar surface area (TPSA) is 110 Å². The average Bonchev–Trinajstić information content (AvgIpc) is 2.66. The highest BCUT2D eigenvalue weighted by Crippen LogP contribution is 2.36. The number of carbonyl (C=O) groups is 1. The molecule has 21 heavy (non-hydrogen) atoms. The maximum Gasteiger partial charge on any atom is 0.329 e. The fourth-order valence-corrected chi connectivity index (χ4v) is 3.76. The molecule has 1 saturated heterocycles. The second kappa shape index (κ2) is 5.74. The Bertz CT molecular complexity index is 709. The maximum absolute atomic E-state index is 12.0. The first-order valence-corrected chi connectivity index (χ1v) is 8.56. The minimum absolute atomic E-state index is 0.000490. The van der Waals surface area contributed by atoms with Gasteiger partial charge in [0.25, 0.3) is 0 Å². The molecule has 1 atom stereocenters. The van der Waals surface area contributed by atoms with Gasteiger partial charge in [0.05, 0.1) is 10.7 Å². The quantitative estimate of drug-likeness (QED) is 0.351. The summed E-state index contributed by atoms with van der Waals surface area (Å²) < 4.78 is 22.1. The molecule has 11 heteroatoms. The van der Waals surface area contributed by atoms with Gasteiger partial charge in [-0.05, 0) is 6.07 Å². The van der Waals surface area contributed by atoms with E-state index in [4.69, 9.17) is 22.3 Å². The Hall–Kier alpha value is -1.45. The third kappa shape index (κ3) is 3.60. The van der Waals surface area contributed by atoms with Crippen LogP contribution in [0.4, 0.5) is 11.4 Å². The largest absolute Gasteiger partial charge is 0.329 e. The number of pyridine rings is 1. The van der Waals surface area contributed by atoms with Gasteiger partial charge in [0.2, 0.25) is 20.1 Å². The van der Waals surface area contributed by atoms with Crippen LogP contribution in [-0.4, -0.2) is 36.5 Å². The molecule has 0 spiro atoms. The predicted molar refractivity (Wildman–Crippen MR) is 76.0 cm³/mol. The lowest BCUT2D eigenvalue weighted by molar-refractivity contribution is -0.384. The summed E-state index contributed by atoms with van der Waals surface area (Å²) in [5.41, 5.74) is -0.485. The molecule has 1 aliphatic rings. The van der Waals surface area contributed by atoms with E-state index in [0.717, 1.165) is 4.90 Å². The van der Waals surface area contributed by atoms with Crippen LogP contribution in [0.2, 0.25) is 5.15 Å². The Balaban J connectivity index is 2.34. The van der Waals surface area contributed by atoms with Crippen LogP contribution < -0.4 is 4.90 Å². The van der Waals surface area contributed by atoms with E-state index in [1.165, 1.54) is 12.3 Å². The molecule has 2 rings (SSSR count). The fourth-order valence-electron chi connectivity index (χ4n) is 2.21. The second-order valence-corrected chi connectivity index (χ2v) is 7.69. The number of hydrogen-bond donors (Lipinski definition) is 0. The molecule has 0 aliphatic carbocycles. The van der Waals surface area contributed by atoms with Gasteiger partial charge in [0, 0.05) is 35.8 Å². The maximum atomic E-state index is 12.0. The van der Waals surface area contributed by atoms with Crippen molar-refractivity contribution in [3.8, 4) is 0 Å². The SMILES string of the molecule is O=C1CC(CS(=O)(=O)Cl)CN1c1ccnc(Cl)c1[N+](=O)[O-]. The van der Waals surface area contributed by atoms with Gasteiger partial charge in [0.1, 0.15) is 5.69 Å². The molecule has 1 aromatic rings. The number of rotatable bonds is 4. The van der Waals surface area contributed by atoms with Crippen LogP contribution in [0.3, 0.4) is 0 Å². The molecule has 114 valence electrons. The Kier molecular flexibility index (Phi) is 4.35. The van der Waals surface area contributed by atoms with E-state index in [2.05, 4.69) is 4.98 Å². The van der Waals surface area contributed by atoms with Crippen molar-refractivity contribution in [2.45, 2.75) is 6.42 Å². The van der Waals surface area contributed by atoms with E-state index in [1.807, 2.05) is 0 Å². The Morgan fingerprint density at radius 3 is 2.76 bits per heavy atom. The standard InChI is InChI=1S/C10H9Cl2N3O5S/c11-10-9(15(17)18)7(1-2-13-10)14-4-6(3-8(14)16)5-21(12,19)20/h1-2,6H,3-5H2. The third-order valence-corrected chi connectivity index (χ3v) is 4.50. The molecule has 0 radical (unpaired) electrons. The molecule has 0 bridgehead atoms. The summed E-state index contributed by atoms with van der Waals surface area (Å²) in [6, 6.07) is 1.29. The molecule has 0 saturated carbocycles. The highest BCUT2D eigenvalue weighted by atomic mass is 35.7. The molecular weight excluding hydrogens is 345 g/mol. The van der Waals surface area contributed by atoms with Crippen LogP contribution in [0.5, 0.6) is 0 Å². The molecule has 1 amide bonds. The Labute approximate surface area is 129 Å². The van der Waals surface area contributed by atoms with Crippen LogP contribution in [-0.2, 0) is 13.8 Å². The van der Waals surface area contributed by atoms with Gasteiger partial charge >= 0.3 is 5.69 Å². The van der Waals surface area contributed by atoms with E-state index >= 15 is 0 Å². The minimum Gasteiger partial charge on any atom is -0.306 e. The van der Waals surface area contributed by atoms with Crippen molar-refractivity contribution in [2.24, 2.45) is 5.92 Å². The number of nitro groups is 1. The van der Waals surface area contributed by atoms with Crippen LogP contribution in [0, 0.1) is 16.0 Å². The predicted octanol–water partition coefficient (Wildman–Crippen LogP) is 1.56. The van der Waals surface area contributed by atoms with Crippen molar-refractivity contribution in [1.82, 2.24) is 4.98 Å². The van der Waals surface area contributed by atoms with E-state index in [0.29, 0.717) is 0 Å². The molecule has 0 aromatic carbocycles. The lowest BCUT2D eigenvalue weighted by Crippen LogP contribution is -2.26. The van der Waals surface area contributed by atoms with Gasteiger partial charge in [-0.3, -0.25) is 14.9 Å². The number of carbonyl (C=O) groups excluding carboxylic acids is 1. The van der Waals surface area contributed by atoms with E-state index < -0.39 is 31.5 Å². The van der Waals surface area contributed by atoms with Crippen LogP contribution in [0.15, 0.2) is 12.3 Å². The van der Waals surface area contributed by atoms with Crippen LogP contribution in [0.25, 0.3) is 0 Å².